The molecular formula is C18H16ClN3O3. The summed E-state index contributed by atoms with van der Waals surface area (Å²) in [6.45, 7) is 0.526. The van der Waals surface area contributed by atoms with Crippen LogP contribution < -0.4 is 4.90 Å². The molecule has 7 heteroatoms. The number of hydrogen-bond acceptors (Lipinski definition) is 4. The van der Waals surface area contributed by atoms with Gasteiger partial charge < -0.3 is 4.74 Å². The van der Waals surface area contributed by atoms with Crippen LogP contribution in [0.2, 0.25) is 5.02 Å². The zero-order chi connectivity index (χ0) is 17.1. The van der Waals surface area contributed by atoms with Crippen LogP contribution in [-0.2, 0) is 20.9 Å². The molecule has 4 heterocycles. The van der Waals surface area contributed by atoms with Gasteiger partial charge in [0.05, 0.1) is 30.6 Å². The maximum Gasteiger partial charge on any atom is 0.241 e. The molecule has 0 aliphatic carbocycles. The molecule has 3 saturated heterocycles. The number of carbonyl (C=O) groups is 2. The standard InChI is InChI=1S/C18H16ClN3O3/c19-11-3-1-2-10(8-11)9-21-7-6-14(20-21)22-17(23)15-12-4-5-13(25-12)16(15)18(22)24/h1-3,6-8,12-13,15-16H,4-5,9H2/t12-,13-,15-,16-/m0/s1. The van der Waals surface area contributed by atoms with E-state index in [9.17, 15) is 9.59 Å². The first-order valence-electron chi connectivity index (χ1n) is 8.43. The first-order chi connectivity index (χ1) is 12.1. The van der Waals surface area contributed by atoms with Gasteiger partial charge in [0.15, 0.2) is 5.82 Å². The van der Waals surface area contributed by atoms with Gasteiger partial charge in [0.2, 0.25) is 11.8 Å². The van der Waals surface area contributed by atoms with Crippen LogP contribution in [0.1, 0.15) is 18.4 Å². The van der Waals surface area contributed by atoms with Crippen LogP contribution in [0.3, 0.4) is 0 Å². The fraction of sp³-hybridized carbons (Fsp3) is 0.389. The van der Waals surface area contributed by atoms with Crippen LogP contribution in [0.5, 0.6) is 0 Å². The molecule has 4 atom stereocenters. The van der Waals surface area contributed by atoms with Crippen LogP contribution in [0.15, 0.2) is 36.5 Å². The van der Waals surface area contributed by atoms with Crippen molar-refractivity contribution in [2.24, 2.45) is 11.8 Å². The van der Waals surface area contributed by atoms with Crippen molar-refractivity contribution in [1.82, 2.24) is 9.78 Å². The monoisotopic (exact) mass is 357 g/mol. The Kier molecular flexibility index (Phi) is 3.27. The molecule has 3 aliphatic rings. The highest BCUT2D eigenvalue weighted by Gasteiger charge is 2.63. The molecule has 1 aromatic heterocycles. The highest BCUT2D eigenvalue weighted by molar-refractivity contribution is 6.30. The molecule has 128 valence electrons. The van der Waals surface area contributed by atoms with E-state index >= 15 is 0 Å². The van der Waals surface area contributed by atoms with Crippen molar-refractivity contribution in [3.8, 4) is 0 Å². The van der Waals surface area contributed by atoms with Gasteiger partial charge >= 0.3 is 0 Å². The predicted molar refractivity (Wildman–Crippen MR) is 90.1 cm³/mol. The van der Waals surface area contributed by atoms with Crippen molar-refractivity contribution in [3.63, 3.8) is 0 Å². The van der Waals surface area contributed by atoms with E-state index in [2.05, 4.69) is 5.10 Å². The highest BCUT2D eigenvalue weighted by Crippen LogP contribution is 2.49. The lowest BCUT2D eigenvalue weighted by atomic mass is 9.81. The average molecular weight is 358 g/mol. The van der Waals surface area contributed by atoms with Gasteiger partial charge in [-0.25, -0.2) is 4.90 Å². The first kappa shape index (κ1) is 15.1. The Hall–Kier alpha value is -2.18. The molecule has 3 aliphatic heterocycles. The van der Waals surface area contributed by atoms with Crippen molar-refractivity contribution < 1.29 is 14.3 Å². The smallest absolute Gasteiger partial charge is 0.241 e. The second kappa shape index (κ2) is 5.41. The van der Waals surface area contributed by atoms with Gasteiger partial charge in [-0.3, -0.25) is 14.3 Å². The Morgan fingerprint density at radius 1 is 1.12 bits per heavy atom. The molecule has 5 rings (SSSR count). The molecule has 6 nitrogen and oxygen atoms in total. The topological polar surface area (TPSA) is 64.4 Å². The van der Waals surface area contributed by atoms with Crippen molar-refractivity contribution in [2.45, 2.75) is 31.6 Å². The third-order valence-corrected chi connectivity index (χ3v) is 5.61. The number of ether oxygens (including phenoxy) is 1. The number of benzene rings is 1. The maximum absolute atomic E-state index is 12.8. The second-order valence-corrected chi connectivity index (χ2v) is 7.29. The number of anilines is 1. The van der Waals surface area contributed by atoms with E-state index in [4.69, 9.17) is 16.3 Å². The Labute approximate surface area is 149 Å². The summed E-state index contributed by atoms with van der Waals surface area (Å²) in [5, 5.41) is 5.10. The Bertz CT molecular complexity index is 852. The average Bonchev–Trinajstić information content (AvgIpc) is 3.33. The van der Waals surface area contributed by atoms with Crippen molar-refractivity contribution in [3.05, 3.63) is 47.1 Å². The van der Waals surface area contributed by atoms with Gasteiger partial charge in [-0.05, 0) is 30.5 Å². The van der Waals surface area contributed by atoms with Crippen molar-refractivity contribution in [1.29, 1.82) is 0 Å². The van der Waals surface area contributed by atoms with E-state index in [0.717, 1.165) is 18.4 Å². The van der Waals surface area contributed by atoms with E-state index in [0.29, 0.717) is 17.4 Å². The number of hydrogen-bond donors (Lipinski definition) is 0. The van der Waals surface area contributed by atoms with Gasteiger partial charge in [0, 0.05) is 17.3 Å². The van der Waals surface area contributed by atoms with E-state index in [1.54, 1.807) is 16.9 Å². The number of aromatic nitrogens is 2. The lowest BCUT2D eigenvalue weighted by Crippen LogP contribution is -2.34. The van der Waals surface area contributed by atoms with Gasteiger partial charge in [-0.1, -0.05) is 23.7 Å². The quantitative estimate of drug-likeness (QED) is 0.790. The molecule has 0 radical (unpaired) electrons. The molecular weight excluding hydrogens is 342 g/mol. The van der Waals surface area contributed by atoms with Gasteiger partial charge in [-0.15, -0.1) is 0 Å². The third-order valence-electron chi connectivity index (χ3n) is 5.37. The molecule has 3 fully saturated rings. The number of halogens is 1. The minimum atomic E-state index is -0.329. The van der Waals surface area contributed by atoms with Crippen LogP contribution in [-0.4, -0.2) is 33.8 Å². The summed E-state index contributed by atoms with van der Waals surface area (Å²) < 4.78 is 7.46. The first-order valence-corrected chi connectivity index (χ1v) is 8.81. The van der Waals surface area contributed by atoms with Crippen molar-refractivity contribution >= 4 is 29.2 Å². The van der Waals surface area contributed by atoms with Gasteiger partial charge in [0.1, 0.15) is 0 Å². The molecule has 2 bridgehead atoms. The highest BCUT2D eigenvalue weighted by atomic mass is 35.5. The molecule has 0 spiro atoms. The SMILES string of the molecule is O=C1[C@@H]2[C@@H](C(=O)N1c1ccn(Cc3cccc(Cl)c3)n1)[C@@H]1CC[C@@H]2O1. The maximum atomic E-state index is 12.8. The minimum absolute atomic E-state index is 0.106. The summed E-state index contributed by atoms with van der Waals surface area (Å²) in [4.78, 5) is 26.8. The Morgan fingerprint density at radius 3 is 2.52 bits per heavy atom. The normalized spacial score (nSPS) is 30.4. The summed E-state index contributed by atoms with van der Waals surface area (Å²) in [5.41, 5.74) is 1.00. The van der Waals surface area contributed by atoms with E-state index < -0.39 is 0 Å². The summed E-state index contributed by atoms with van der Waals surface area (Å²) in [7, 11) is 0. The number of carbonyl (C=O) groups excluding carboxylic acids is 2. The zero-order valence-electron chi connectivity index (χ0n) is 13.3. The molecule has 2 amide bonds. The Balaban J connectivity index is 1.40. The van der Waals surface area contributed by atoms with Gasteiger partial charge in [-0.2, -0.15) is 5.10 Å². The number of amides is 2. The number of imide groups is 1. The van der Waals surface area contributed by atoms with Crippen LogP contribution >= 0.6 is 11.6 Å². The summed E-state index contributed by atoms with van der Waals surface area (Å²) in [5.74, 6) is -0.607. The van der Waals surface area contributed by atoms with E-state index in [-0.39, 0.29) is 35.9 Å². The van der Waals surface area contributed by atoms with E-state index in [1.807, 2.05) is 24.3 Å². The van der Waals surface area contributed by atoms with Crippen molar-refractivity contribution in [2.75, 3.05) is 4.90 Å². The molecule has 1 aromatic carbocycles. The van der Waals surface area contributed by atoms with Crippen LogP contribution in [0, 0.1) is 11.8 Å². The third kappa shape index (κ3) is 2.24. The number of nitrogens with zero attached hydrogens (tertiary/aromatic N) is 3. The second-order valence-electron chi connectivity index (χ2n) is 6.86. The largest absolute Gasteiger partial charge is 0.373 e. The molecule has 0 saturated carbocycles. The summed E-state index contributed by atoms with van der Waals surface area (Å²) in [6, 6.07) is 9.24. The minimum Gasteiger partial charge on any atom is -0.373 e. The molecule has 25 heavy (non-hydrogen) atoms. The zero-order valence-corrected chi connectivity index (χ0v) is 14.1. The van der Waals surface area contributed by atoms with E-state index in [1.165, 1.54) is 4.90 Å². The Morgan fingerprint density at radius 2 is 1.84 bits per heavy atom. The van der Waals surface area contributed by atoms with Gasteiger partial charge in [0.25, 0.3) is 0 Å². The number of rotatable bonds is 3. The fourth-order valence-electron chi connectivity index (χ4n) is 4.32. The predicted octanol–water partition coefficient (Wildman–Crippen LogP) is 2.25. The fourth-order valence-corrected chi connectivity index (χ4v) is 4.53. The summed E-state index contributed by atoms with van der Waals surface area (Å²) >= 11 is 6.01. The summed E-state index contributed by atoms with van der Waals surface area (Å²) in [6.07, 6.45) is 3.29. The number of fused-ring (bicyclic) bond motifs is 5. The lowest BCUT2D eigenvalue weighted by molar-refractivity contribution is -0.124. The van der Waals surface area contributed by atoms with Crippen LogP contribution in [0.25, 0.3) is 0 Å². The molecule has 0 N–H and O–H groups in total. The lowest BCUT2D eigenvalue weighted by Gasteiger charge is -2.15. The molecule has 0 unspecified atom stereocenters. The van der Waals surface area contributed by atoms with Crippen LogP contribution in [0.4, 0.5) is 5.82 Å². The molecule has 2 aromatic rings.